The summed E-state index contributed by atoms with van der Waals surface area (Å²) in [6.45, 7) is 4.75. The lowest BCUT2D eigenvalue weighted by atomic mass is 10.0. The topological polar surface area (TPSA) is 96.7 Å². The van der Waals surface area contributed by atoms with Gasteiger partial charge in [-0.3, -0.25) is 14.1 Å². The van der Waals surface area contributed by atoms with Crippen LogP contribution in [0.5, 0.6) is 0 Å². The smallest absolute Gasteiger partial charge is 0.348 e. The first-order valence-electron chi connectivity index (χ1n) is 11.3. The molecular formula is C23H30F3N5O3S. The second-order valence-corrected chi connectivity index (χ2v) is 11.4. The van der Waals surface area contributed by atoms with Gasteiger partial charge < -0.3 is 5.32 Å². The minimum absolute atomic E-state index is 0.0434. The molecule has 8 nitrogen and oxygen atoms in total. The number of carbonyl (C=O) groups excluding carboxylic acids is 1. The van der Waals surface area contributed by atoms with E-state index in [1.165, 1.54) is 24.1 Å². The van der Waals surface area contributed by atoms with Crippen molar-refractivity contribution in [3.63, 3.8) is 0 Å². The zero-order chi connectivity index (χ0) is 25.8. The Bertz CT molecular complexity index is 1210. The molecule has 3 rings (SSSR count). The molecule has 2 aromatic rings. The SMILES string of the molecule is C/C(=C\C=C(\CNC(=O)c1cnc2nccn2c1)C(C)C)S(=O)(=O)C1CCN(CC(F)(F)F)CC1. The second-order valence-electron chi connectivity index (χ2n) is 8.97. The van der Waals surface area contributed by atoms with Crippen LogP contribution in [0.2, 0.25) is 0 Å². The fourth-order valence-electron chi connectivity index (χ4n) is 3.89. The first-order chi connectivity index (χ1) is 16.4. The van der Waals surface area contributed by atoms with Gasteiger partial charge in [-0.2, -0.15) is 13.2 Å². The number of aromatic nitrogens is 3. The predicted molar refractivity (Wildman–Crippen MR) is 126 cm³/mol. The van der Waals surface area contributed by atoms with Gasteiger partial charge in [-0.15, -0.1) is 0 Å². The minimum atomic E-state index is -4.29. The van der Waals surface area contributed by atoms with E-state index in [2.05, 4.69) is 15.3 Å². The highest BCUT2D eigenvalue weighted by Gasteiger charge is 2.36. The molecule has 0 unspecified atom stereocenters. The van der Waals surface area contributed by atoms with Gasteiger partial charge in [0.25, 0.3) is 5.91 Å². The number of hydrogen-bond donors (Lipinski definition) is 1. The maximum Gasteiger partial charge on any atom is 0.401 e. The normalized spacial score (nSPS) is 17.3. The summed E-state index contributed by atoms with van der Waals surface area (Å²) < 4.78 is 65.4. The molecule has 192 valence electrons. The Labute approximate surface area is 202 Å². The highest BCUT2D eigenvalue weighted by atomic mass is 32.2. The van der Waals surface area contributed by atoms with Crippen molar-refractivity contribution in [2.45, 2.75) is 45.0 Å². The maximum atomic E-state index is 13.0. The van der Waals surface area contributed by atoms with E-state index in [0.717, 1.165) is 5.57 Å². The first kappa shape index (κ1) is 26.9. The number of amides is 1. The average molecular weight is 514 g/mol. The number of alkyl halides is 3. The van der Waals surface area contributed by atoms with Gasteiger partial charge in [0.15, 0.2) is 9.84 Å². The van der Waals surface area contributed by atoms with Gasteiger partial charge in [0.2, 0.25) is 5.78 Å². The van der Waals surface area contributed by atoms with Gasteiger partial charge >= 0.3 is 6.18 Å². The van der Waals surface area contributed by atoms with E-state index in [9.17, 15) is 26.4 Å². The molecule has 0 spiro atoms. The lowest BCUT2D eigenvalue weighted by Crippen LogP contribution is -2.43. The molecule has 1 aliphatic heterocycles. The number of likely N-dealkylation sites (tertiary alicyclic amines) is 1. The Balaban J connectivity index is 1.63. The van der Waals surface area contributed by atoms with Crippen LogP contribution in [0.4, 0.5) is 13.2 Å². The fourth-order valence-corrected chi connectivity index (χ4v) is 5.50. The zero-order valence-corrected chi connectivity index (χ0v) is 20.7. The van der Waals surface area contributed by atoms with E-state index in [-0.39, 0.29) is 49.2 Å². The number of imidazole rings is 1. The third kappa shape index (κ3) is 7.14. The number of rotatable bonds is 8. The van der Waals surface area contributed by atoms with Crippen molar-refractivity contribution in [2.75, 3.05) is 26.2 Å². The highest BCUT2D eigenvalue weighted by molar-refractivity contribution is 7.95. The summed E-state index contributed by atoms with van der Waals surface area (Å²) in [6, 6.07) is 0. The van der Waals surface area contributed by atoms with E-state index in [0.29, 0.717) is 11.3 Å². The van der Waals surface area contributed by atoms with Crippen LogP contribution in [-0.2, 0) is 9.84 Å². The number of nitrogens with one attached hydrogen (secondary N) is 1. The van der Waals surface area contributed by atoms with Crippen LogP contribution in [0.1, 0.15) is 44.0 Å². The molecule has 1 N–H and O–H groups in total. The second kappa shape index (κ2) is 10.9. The molecular weight excluding hydrogens is 483 g/mol. The number of sulfone groups is 1. The van der Waals surface area contributed by atoms with Crippen molar-refractivity contribution >= 4 is 21.5 Å². The Morgan fingerprint density at radius 3 is 2.54 bits per heavy atom. The Morgan fingerprint density at radius 1 is 1.23 bits per heavy atom. The molecule has 3 heterocycles. The highest BCUT2D eigenvalue weighted by Crippen LogP contribution is 2.26. The summed E-state index contributed by atoms with van der Waals surface area (Å²) in [7, 11) is -3.64. The molecule has 0 bridgehead atoms. The quantitative estimate of drug-likeness (QED) is 0.544. The van der Waals surface area contributed by atoms with Crippen molar-refractivity contribution in [2.24, 2.45) is 5.92 Å². The summed E-state index contributed by atoms with van der Waals surface area (Å²) in [5.74, 6) is 0.206. The fraction of sp³-hybridized carbons (Fsp3) is 0.522. The van der Waals surface area contributed by atoms with Crippen molar-refractivity contribution in [1.29, 1.82) is 0 Å². The Hall–Kier alpha value is -2.73. The summed E-state index contributed by atoms with van der Waals surface area (Å²) in [5, 5.41) is 2.13. The summed E-state index contributed by atoms with van der Waals surface area (Å²) in [4.78, 5) is 22.1. The number of halogens is 3. The van der Waals surface area contributed by atoms with Crippen molar-refractivity contribution in [3.8, 4) is 0 Å². The first-order valence-corrected chi connectivity index (χ1v) is 12.9. The number of fused-ring (bicyclic) bond motifs is 1. The molecule has 0 aromatic carbocycles. The van der Waals surface area contributed by atoms with E-state index in [1.54, 1.807) is 29.1 Å². The number of hydrogen-bond acceptors (Lipinski definition) is 6. The monoisotopic (exact) mass is 513 g/mol. The van der Waals surface area contributed by atoms with Crippen molar-refractivity contribution in [1.82, 2.24) is 24.6 Å². The number of carbonyl (C=O) groups is 1. The molecule has 1 fully saturated rings. The Morgan fingerprint density at radius 2 is 1.91 bits per heavy atom. The van der Waals surface area contributed by atoms with Gasteiger partial charge in [-0.05, 0) is 50.4 Å². The van der Waals surface area contributed by atoms with Crippen LogP contribution in [0.15, 0.2) is 47.4 Å². The Kier molecular flexibility index (Phi) is 8.37. The number of nitrogens with zero attached hydrogens (tertiary/aromatic N) is 4. The lowest BCUT2D eigenvalue weighted by molar-refractivity contribution is -0.147. The summed E-state index contributed by atoms with van der Waals surface area (Å²) in [6.07, 6.45) is 5.56. The standard InChI is InChI=1S/C23H30F3N5O3S/c1-16(2)18(12-28-21(32)19-13-29-22-27-8-11-31(22)14-19)5-4-17(3)35(33,34)20-6-9-30(10-7-20)15-23(24,25)26/h4-5,8,11,13-14,16,20H,6-7,9-10,12,15H2,1-3H3,(H,28,32)/b17-4+,18-5-. The number of allylic oxidation sites excluding steroid dienone is 3. The third-order valence-corrected chi connectivity index (χ3v) is 8.44. The van der Waals surface area contributed by atoms with Crippen LogP contribution in [0.25, 0.3) is 5.78 Å². The van der Waals surface area contributed by atoms with Gasteiger partial charge in [0.05, 0.1) is 17.4 Å². The molecule has 0 atom stereocenters. The van der Waals surface area contributed by atoms with Gasteiger partial charge in [0.1, 0.15) is 0 Å². The molecule has 1 amide bonds. The summed E-state index contributed by atoms with van der Waals surface area (Å²) in [5.41, 5.74) is 1.19. The van der Waals surface area contributed by atoms with Crippen LogP contribution < -0.4 is 5.32 Å². The molecule has 1 aliphatic rings. The van der Waals surface area contributed by atoms with Crippen LogP contribution in [0.3, 0.4) is 0 Å². The van der Waals surface area contributed by atoms with Gasteiger partial charge in [-0.1, -0.05) is 19.9 Å². The van der Waals surface area contributed by atoms with Crippen molar-refractivity contribution < 1.29 is 26.4 Å². The van der Waals surface area contributed by atoms with E-state index >= 15 is 0 Å². The van der Waals surface area contributed by atoms with Crippen LogP contribution in [-0.4, -0.2) is 71.2 Å². The van der Waals surface area contributed by atoms with Gasteiger partial charge in [0, 0.05) is 36.2 Å². The largest absolute Gasteiger partial charge is 0.401 e. The summed E-state index contributed by atoms with van der Waals surface area (Å²) >= 11 is 0. The average Bonchev–Trinajstić information content (AvgIpc) is 3.25. The van der Waals surface area contributed by atoms with Gasteiger partial charge in [-0.25, -0.2) is 18.4 Å². The maximum absolute atomic E-state index is 13.0. The minimum Gasteiger partial charge on any atom is -0.348 e. The molecule has 2 aromatic heterocycles. The molecule has 35 heavy (non-hydrogen) atoms. The number of piperidine rings is 1. The van der Waals surface area contributed by atoms with E-state index < -0.39 is 27.8 Å². The molecule has 0 radical (unpaired) electrons. The predicted octanol–water partition coefficient (Wildman–Crippen LogP) is 3.39. The molecule has 0 aliphatic carbocycles. The van der Waals surface area contributed by atoms with Crippen LogP contribution in [0, 0.1) is 5.92 Å². The molecule has 12 heteroatoms. The van der Waals surface area contributed by atoms with E-state index in [1.807, 2.05) is 13.8 Å². The zero-order valence-electron chi connectivity index (χ0n) is 19.9. The molecule has 1 saturated heterocycles. The third-order valence-electron chi connectivity index (χ3n) is 6.06. The lowest BCUT2D eigenvalue weighted by Gasteiger charge is -2.32. The van der Waals surface area contributed by atoms with Crippen molar-refractivity contribution in [3.05, 3.63) is 53.0 Å². The van der Waals surface area contributed by atoms with Crippen LogP contribution >= 0.6 is 0 Å². The molecule has 0 saturated carbocycles. The van der Waals surface area contributed by atoms with E-state index in [4.69, 9.17) is 0 Å².